The summed E-state index contributed by atoms with van der Waals surface area (Å²) in [6.45, 7) is 10.6. The Morgan fingerprint density at radius 3 is 2.44 bits per heavy atom. The zero-order valence-electron chi connectivity index (χ0n) is 12.3. The first-order chi connectivity index (χ1) is 8.43. The standard InChI is InChI=1S/C16H26FN/c1-6-11(2)9-13(4)18-14(5)15-8-7-12(3)16(17)10-15/h7-8,10-11,13-14,18H,6,9H2,1-5H3. The van der Waals surface area contributed by atoms with Crippen LogP contribution < -0.4 is 5.32 Å². The van der Waals surface area contributed by atoms with Gasteiger partial charge < -0.3 is 5.32 Å². The average Bonchev–Trinajstić information content (AvgIpc) is 2.32. The maximum atomic E-state index is 13.5. The second-order valence-corrected chi connectivity index (χ2v) is 5.55. The zero-order valence-corrected chi connectivity index (χ0v) is 12.3. The van der Waals surface area contributed by atoms with Crippen molar-refractivity contribution in [1.82, 2.24) is 5.32 Å². The van der Waals surface area contributed by atoms with Gasteiger partial charge in [0.25, 0.3) is 0 Å². The highest BCUT2D eigenvalue weighted by molar-refractivity contribution is 5.25. The molecule has 0 aliphatic carbocycles. The summed E-state index contributed by atoms with van der Waals surface area (Å²) in [4.78, 5) is 0. The lowest BCUT2D eigenvalue weighted by atomic mass is 9.98. The van der Waals surface area contributed by atoms with Crippen LogP contribution in [0.3, 0.4) is 0 Å². The molecule has 2 heteroatoms. The topological polar surface area (TPSA) is 12.0 Å². The van der Waals surface area contributed by atoms with Crippen molar-refractivity contribution in [3.8, 4) is 0 Å². The van der Waals surface area contributed by atoms with Gasteiger partial charge >= 0.3 is 0 Å². The van der Waals surface area contributed by atoms with E-state index in [0.29, 0.717) is 11.6 Å². The van der Waals surface area contributed by atoms with Crippen LogP contribution in [0.15, 0.2) is 18.2 Å². The maximum Gasteiger partial charge on any atom is 0.126 e. The van der Waals surface area contributed by atoms with Gasteiger partial charge in [0.1, 0.15) is 5.82 Å². The van der Waals surface area contributed by atoms with Crippen molar-refractivity contribution in [1.29, 1.82) is 0 Å². The molecule has 102 valence electrons. The van der Waals surface area contributed by atoms with Gasteiger partial charge in [-0.3, -0.25) is 0 Å². The van der Waals surface area contributed by atoms with Gasteiger partial charge in [-0.1, -0.05) is 32.4 Å². The van der Waals surface area contributed by atoms with Gasteiger partial charge in [-0.05, 0) is 50.3 Å². The number of halogens is 1. The Labute approximate surface area is 111 Å². The Morgan fingerprint density at radius 2 is 1.89 bits per heavy atom. The molecule has 0 heterocycles. The van der Waals surface area contributed by atoms with Crippen LogP contribution in [0.4, 0.5) is 4.39 Å². The highest BCUT2D eigenvalue weighted by Crippen LogP contribution is 2.18. The van der Waals surface area contributed by atoms with E-state index in [1.807, 2.05) is 12.1 Å². The fourth-order valence-electron chi connectivity index (χ4n) is 2.24. The van der Waals surface area contributed by atoms with Gasteiger partial charge in [0.2, 0.25) is 0 Å². The number of rotatable bonds is 6. The molecule has 3 unspecified atom stereocenters. The van der Waals surface area contributed by atoms with E-state index in [1.54, 1.807) is 13.0 Å². The molecule has 0 aliphatic rings. The van der Waals surface area contributed by atoms with Crippen LogP contribution in [0.1, 0.15) is 57.7 Å². The van der Waals surface area contributed by atoms with Crippen molar-refractivity contribution in [2.24, 2.45) is 5.92 Å². The molecule has 0 radical (unpaired) electrons. The second-order valence-electron chi connectivity index (χ2n) is 5.55. The average molecular weight is 251 g/mol. The van der Waals surface area contributed by atoms with Gasteiger partial charge in [-0.15, -0.1) is 0 Å². The summed E-state index contributed by atoms with van der Waals surface area (Å²) in [5, 5.41) is 3.54. The summed E-state index contributed by atoms with van der Waals surface area (Å²) < 4.78 is 13.5. The Morgan fingerprint density at radius 1 is 1.22 bits per heavy atom. The van der Waals surface area contributed by atoms with E-state index in [2.05, 4.69) is 33.0 Å². The second kappa shape index (κ2) is 6.89. The fraction of sp³-hybridized carbons (Fsp3) is 0.625. The summed E-state index contributed by atoms with van der Waals surface area (Å²) in [6, 6.07) is 6.15. The zero-order chi connectivity index (χ0) is 13.7. The lowest BCUT2D eigenvalue weighted by Gasteiger charge is -2.23. The SMILES string of the molecule is CCC(C)CC(C)NC(C)c1ccc(C)c(F)c1. The van der Waals surface area contributed by atoms with E-state index in [0.717, 1.165) is 17.9 Å². The van der Waals surface area contributed by atoms with Crippen LogP contribution in [0.2, 0.25) is 0 Å². The monoisotopic (exact) mass is 251 g/mol. The highest BCUT2D eigenvalue weighted by atomic mass is 19.1. The van der Waals surface area contributed by atoms with Crippen LogP contribution in [-0.2, 0) is 0 Å². The minimum Gasteiger partial charge on any atom is -0.308 e. The first kappa shape index (κ1) is 15.2. The van der Waals surface area contributed by atoms with Crippen molar-refractivity contribution >= 4 is 0 Å². The predicted molar refractivity (Wildman–Crippen MR) is 76.2 cm³/mol. The van der Waals surface area contributed by atoms with Gasteiger partial charge in [0.05, 0.1) is 0 Å². The Kier molecular flexibility index (Phi) is 5.80. The van der Waals surface area contributed by atoms with E-state index >= 15 is 0 Å². The predicted octanol–water partition coefficient (Wildman–Crippen LogP) is 4.61. The quantitative estimate of drug-likeness (QED) is 0.778. The van der Waals surface area contributed by atoms with Crippen molar-refractivity contribution in [3.05, 3.63) is 35.1 Å². The number of hydrogen-bond donors (Lipinski definition) is 1. The van der Waals surface area contributed by atoms with Crippen LogP contribution in [0.25, 0.3) is 0 Å². The summed E-state index contributed by atoms with van der Waals surface area (Å²) in [6.07, 6.45) is 2.37. The maximum absolute atomic E-state index is 13.5. The van der Waals surface area contributed by atoms with E-state index in [9.17, 15) is 4.39 Å². The third kappa shape index (κ3) is 4.41. The Bertz CT molecular complexity index is 375. The minimum absolute atomic E-state index is 0.115. The molecule has 1 rings (SSSR count). The molecule has 0 bridgehead atoms. The third-order valence-electron chi connectivity index (χ3n) is 3.68. The summed E-state index contributed by atoms with van der Waals surface area (Å²) in [7, 11) is 0. The van der Waals surface area contributed by atoms with Gasteiger partial charge in [0, 0.05) is 12.1 Å². The number of aryl methyl sites for hydroxylation is 1. The minimum atomic E-state index is -0.115. The Balaban J connectivity index is 2.58. The number of hydrogen-bond acceptors (Lipinski definition) is 1. The van der Waals surface area contributed by atoms with Gasteiger partial charge in [-0.2, -0.15) is 0 Å². The van der Waals surface area contributed by atoms with E-state index in [1.165, 1.54) is 6.42 Å². The molecule has 0 amide bonds. The van der Waals surface area contributed by atoms with Crippen LogP contribution in [0.5, 0.6) is 0 Å². The normalized spacial score (nSPS) is 16.3. The van der Waals surface area contributed by atoms with E-state index < -0.39 is 0 Å². The first-order valence-corrected chi connectivity index (χ1v) is 6.96. The Hall–Kier alpha value is -0.890. The van der Waals surface area contributed by atoms with E-state index in [4.69, 9.17) is 0 Å². The van der Waals surface area contributed by atoms with Gasteiger partial charge in [-0.25, -0.2) is 4.39 Å². The molecule has 1 aromatic rings. The summed E-state index contributed by atoms with van der Waals surface area (Å²) in [5.74, 6) is 0.616. The third-order valence-corrected chi connectivity index (χ3v) is 3.68. The van der Waals surface area contributed by atoms with Crippen molar-refractivity contribution in [2.45, 2.75) is 59.5 Å². The molecule has 0 aromatic heterocycles. The number of nitrogens with one attached hydrogen (secondary N) is 1. The largest absolute Gasteiger partial charge is 0.308 e. The lowest BCUT2D eigenvalue weighted by molar-refractivity contribution is 0.385. The fourth-order valence-corrected chi connectivity index (χ4v) is 2.24. The number of benzene rings is 1. The molecule has 0 saturated heterocycles. The lowest BCUT2D eigenvalue weighted by Crippen LogP contribution is -2.30. The van der Waals surface area contributed by atoms with Crippen LogP contribution in [-0.4, -0.2) is 6.04 Å². The van der Waals surface area contributed by atoms with E-state index in [-0.39, 0.29) is 11.9 Å². The molecule has 0 fully saturated rings. The highest BCUT2D eigenvalue weighted by Gasteiger charge is 2.12. The molecule has 1 aromatic carbocycles. The van der Waals surface area contributed by atoms with Crippen LogP contribution in [0, 0.1) is 18.7 Å². The van der Waals surface area contributed by atoms with Crippen molar-refractivity contribution < 1.29 is 4.39 Å². The molecule has 3 atom stereocenters. The molecule has 1 nitrogen and oxygen atoms in total. The molecule has 18 heavy (non-hydrogen) atoms. The van der Waals surface area contributed by atoms with Crippen molar-refractivity contribution in [3.63, 3.8) is 0 Å². The summed E-state index contributed by atoms with van der Waals surface area (Å²) >= 11 is 0. The van der Waals surface area contributed by atoms with Crippen molar-refractivity contribution in [2.75, 3.05) is 0 Å². The first-order valence-electron chi connectivity index (χ1n) is 6.96. The summed E-state index contributed by atoms with van der Waals surface area (Å²) in [5.41, 5.74) is 1.73. The molecular weight excluding hydrogens is 225 g/mol. The molecule has 0 aliphatic heterocycles. The molecular formula is C16H26FN. The molecule has 1 N–H and O–H groups in total. The molecule has 0 spiro atoms. The molecule has 0 saturated carbocycles. The van der Waals surface area contributed by atoms with Gasteiger partial charge in [0.15, 0.2) is 0 Å². The van der Waals surface area contributed by atoms with Crippen LogP contribution >= 0.6 is 0 Å². The smallest absolute Gasteiger partial charge is 0.126 e.